The third kappa shape index (κ3) is 3.15. The lowest BCUT2D eigenvalue weighted by Crippen LogP contribution is -2.33. The molecule has 2 aromatic rings. The maximum absolute atomic E-state index is 5.29. The summed E-state index contributed by atoms with van der Waals surface area (Å²) in [7, 11) is 0. The van der Waals surface area contributed by atoms with Crippen molar-refractivity contribution >= 4 is 0 Å². The number of piperidine rings is 1. The Bertz CT molecular complexity index is 590. The Hall–Kier alpha value is -1.69. The van der Waals surface area contributed by atoms with Crippen molar-refractivity contribution in [2.24, 2.45) is 0 Å². The molecule has 3 rings (SSSR count). The van der Waals surface area contributed by atoms with Crippen molar-refractivity contribution in [3.63, 3.8) is 0 Å². The summed E-state index contributed by atoms with van der Waals surface area (Å²) < 4.78 is 10.5. The van der Waals surface area contributed by atoms with Gasteiger partial charge in [0.2, 0.25) is 5.89 Å². The van der Waals surface area contributed by atoms with Gasteiger partial charge in [0.15, 0.2) is 5.82 Å². The zero-order valence-electron chi connectivity index (χ0n) is 12.9. The lowest BCUT2D eigenvalue weighted by molar-refractivity contribution is 0.129. The fourth-order valence-corrected chi connectivity index (χ4v) is 2.81. The summed E-state index contributed by atoms with van der Waals surface area (Å²) in [6.45, 7) is 7.77. The highest BCUT2D eigenvalue weighted by Gasteiger charge is 2.27. The summed E-state index contributed by atoms with van der Waals surface area (Å²) in [6, 6.07) is 2.32. The molecular formula is C15H22N4O2. The summed E-state index contributed by atoms with van der Waals surface area (Å²) in [4.78, 5) is 6.84. The lowest BCUT2D eigenvalue weighted by Gasteiger charge is -2.33. The van der Waals surface area contributed by atoms with E-state index in [2.05, 4.69) is 34.0 Å². The normalized spacial score (nSPS) is 20.3. The third-order valence-corrected chi connectivity index (χ3v) is 3.92. The van der Waals surface area contributed by atoms with Crippen LogP contribution in [0.5, 0.6) is 0 Å². The van der Waals surface area contributed by atoms with Crippen LogP contribution in [0.25, 0.3) is 0 Å². The second-order valence-electron chi connectivity index (χ2n) is 6.05. The van der Waals surface area contributed by atoms with Gasteiger partial charge >= 0.3 is 0 Å². The average molecular weight is 290 g/mol. The largest absolute Gasteiger partial charge is 0.361 e. The van der Waals surface area contributed by atoms with E-state index >= 15 is 0 Å². The van der Waals surface area contributed by atoms with E-state index in [0.717, 1.165) is 30.2 Å². The highest BCUT2D eigenvalue weighted by atomic mass is 16.5. The van der Waals surface area contributed by atoms with Gasteiger partial charge < -0.3 is 9.05 Å². The monoisotopic (exact) mass is 290 g/mol. The van der Waals surface area contributed by atoms with Gasteiger partial charge in [0.1, 0.15) is 11.5 Å². The first-order chi connectivity index (χ1) is 10.1. The summed E-state index contributed by atoms with van der Waals surface area (Å²) in [5.74, 6) is 2.58. The molecular weight excluding hydrogens is 268 g/mol. The number of nitrogens with zero attached hydrogens (tertiary/aromatic N) is 4. The molecule has 0 aliphatic carbocycles. The number of aromatic nitrogens is 3. The topological polar surface area (TPSA) is 68.2 Å². The van der Waals surface area contributed by atoms with Gasteiger partial charge in [-0.1, -0.05) is 30.6 Å². The maximum atomic E-state index is 5.29. The zero-order valence-corrected chi connectivity index (χ0v) is 12.9. The fourth-order valence-electron chi connectivity index (χ4n) is 2.81. The van der Waals surface area contributed by atoms with Crippen LogP contribution in [0.2, 0.25) is 0 Å². The number of likely N-dealkylation sites (tertiary alicyclic amines) is 1. The molecule has 6 heteroatoms. The van der Waals surface area contributed by atoms with Crippen LogP contribution in [0.3, 0.4) is 0 Å². The second-order valence-corrected chi connectivity index (χ2v) is 6.05. The van der Waals surface area contributed by atoms with Crippen molar-refractivity contribution < 1.29 is 9.05 Å². The highest BCUT2D eigenvalue weighted by Crippen LogP contribution is 2.31. The van der Waals surface area contributed by atoms with Crippen molar-refractivity contribution in [3.05, 3.63) is 29.2 Å². The van der Waals surface area contributed by atoms with Crippen molar-refractivity contribution in [3.8, 4) is 0 Å². The van der Waals surface area contributed by atoms with E-state index in [1.807, 2.05) is 13.0 Å². The second kappa shape index (κ2) is 5.97. The van der Waals surface area contributed by atoms with E-state index in [1.54, 1.807) is 0 Å². The minimum Gasteiger partial charge on any atom is -0.361 e. The van der Waals surface area contributed by atoms with E-state index in [9.17, 15) is 0 Å². The zero-order chi connectivity index (χ0) is 14.8. The highest BCUT2D eigenvalue weighted by molar-refractivity contribution is 5.10. The molecule has 1 aliphatic rings. The van der Waals surface area contributed by atoms with E-state index in [4.69, 9.17) is 9.05 Å². The number of hydrogen-bond donors (Lipinski definition) is 0. The first-order valence-corrected chi connectivity index (χ1v) is 7.63. The molecule has 2 aromatic heterocycles. The molecule has 3 heterocycles. The molecule has 0 aromatic carbocycles. The van der Waals surface area contributed by atoms with E-state index < -0.39 is 0 Å². The first-order valence-electron chi connectivity index (χ1n) is 7.63. The van der Waals surface area contributed by atoms with Gasteiger partial charge in [0.25, 0.3) is 0 Å². The summed E-state index contributed by atoms with van der Waals surface area (Å²) in [5, 5.41) is 8.28. The minimum atomic E-state index is 0.265. The molecule has 1 fully saturated rings. The van der Waals surface area contributed by atoms with Crippen LogP contribution in [0, 0.1) is 6.92 Å². The van der Waals surface area contributed by atoms with Gasteiger partial charge in [0, 0.05) is 12.0 Å². The Kier molecular flexibility index (Phi) is 4.05. The summed E-state index contributed by atoms with van der Waals surface area (Å²) in [5.41, 5.74) is 1.01. The van der Waals surface area contributed by atoms with E-state index in [-0.39, 0.29) is 12.0 Å². The first kappa shape index (κ1) is 14.3. The summed E-state index contributed by atoms with van der Waals surface area (Å²) in [6.07, 6.45) is 3.51. The molecule has 0 amide bonds. The number of rotatable bonds is 4. The molecule has 0 bridgehead atoms. The standard InChI is InChI=1S/C15H22N4O2/c1-10(2)15-16-14(18-21-15)9-19-7-5-4-6-13(19)12-8-11(3)20-17-12/h8,10,13H,4-7,9H2,1-3H3. The minimum absolute atomic E-state index is 0.265. The van der Waals surface area contributed by atoms with Gasteiger partial charge in [-0.3, -0.25) is 4.90 Å². The third-order valence-electron chi connectivity index (χ3n) is 3.92. The molecule has 0 N–H and O–H groups in total. The molecule has 0 saturated carbocycles. The Labute approximate surface area is 124 Å². The number of hydrogen-bond acceptors (Lipinski definition) is 6. The van der Waals surface area contributed by atoms with Gasteiger partial charge in [-0.15, -0.1) is 0 Å². The van der Waals surface area contributed by atoms with E-state index in [1.165, 1.54) is 12.8 Å². The quantitative estimate of drug-likeness (QED) is 0.861. The Morgan fingerprint density at radius 1 is 1.29 bits per heavy atom. The van der Waals surface area contributed by atoms with Crippen LogP contribution in [-0.2, 0) is 6.54 Å². The fraction of sp³-hybridized carbons (Fsp3) is 0.667. The van der Waals surface area contributed by atoms with Crippen LogP contribution >= 0.6 is 0 Å². The number of aryl methyl sites for hydroxylation is 1. The van der Waals surface area contributed by atoms with Crippen LogP contribution in [0.1, 0.15) is 68.2 Å². The molecule has 0 spiro atoms. The van der Waals surface area contributed by atoms with Crippen molar-refractivity contribution in [2.45, 2.75) is 58.5 Å². The van der Waals surface area contributed by atoms with Crippen molar-refractivity contribution in [1.29, 1.82) is 0 Å². The molecule has 114 valence electrons. The van der Waals surface area contributed by atoms with Gasteiger partial charge in [-0.05, 0) is 26.3 Å². The average Bonchev–Trinajstić information content (AvgIpc) is 3.09. The van der Waals surface area contributed by atoms with Gasteiger partial charge in [-0.2, -0.15) is 4.98 Å². The molecule has 1 aliphatic heterocycles. The lowest BCUT2D eigenvalue weighted by atomic mass is 9.99. The molecule has 1 saturated heterocycles. The van der Waals surface area contributed by atoms with Crippen LogP contribution in [-0.4, -0.2) is 26.7 Å². The van der Waals surface area contributed by atoms with Crippen LogP contribution in [0.15, 0.2) is 15.1 Å². The molecule has 1 atom stereocenters. The smallest absolute Gasteiger partial charge is 0.229 e. The van der Waals surface area contributed by atoms with Gasteiger partial charge in [0.05, 0.1) is 12.6 Å². The predicted molar refractivity (Wildman–Crippen MR) is 76.6 cm³/mol. The molecule has 1 unspecified atom stereocenters. The Morgan fingerprint density at radius 2 is 2.14 bits per heavy atom. The van der Waals surface area contributed by atoms with Crippen LogP contribution < -0.4 is 0 Å². The maximum Gasteiger partial charge on any atom is 0.229 e. The Morgan fingerprint density at radius 3 is 2.81 bits per heavy atom. The Balaban J connectivity index is 1.74. The van der Waals surface area contributed by atoms with Crippen LogP contribution in [0.4, 0.5) is 0 Å². The predicted octanol–water partition coefficient (Wildman–Crippen LogP) is 3.22. The van der Waals surface area contributed by atoms with E-state index in [0.29, 0.717) is 12.4 Å². The van der Waals surface area contributed by atoms with Crippen molar-refractivity contribution in [1.82, 2.24) is 20.2 Å². The van der Waals surface area contributed by atoms with Crippen molar-refractivity contribution in [2.75, 3.05) is 6.54 Å². The summed E-state index contributed by atoms with van der Waals surface area (Å²) >= 11 is 0. The molecule has 21 heavy (non-hydrogen) atoms. The van der Waals surface area contributed by atoms with Gasteiger partial charge in [-0.25, -0.2) is 0 Å². The molecule has 6 nitrogen and oxygen atoms in total. The SMILES string of the molecule is Cc1cc(C2CCCCN2Cc2noc(C(C)C)n2)no1. The molecule has 0 radical (unpaired) electrons.